The molecule has 0 aromatic rings. The van der Waals surface area contributed by atoms with E-state index in [0.29, 0.717) is 18.0 Å². The highest BCUT2D eigenvalue weighted by Gasteiger charge is 2.19. The summed E-state index contributed by atoms with van der Waals surface area (Å²) in [5, 5.41) is 5.53. The van der Waals surface area contributed by atoms with Gasteiger partial charge in [0, 0.05) is 25.2 Å². The standard InChI is InChI=1S/C11H25N3/c1-9(2)8-14(12)7-6-11-5-4-10(3)13-11/h9-11,13H,4-8,12H2,1-3H3. The van der Waals surface area contributed by atoms with Crippen LogP contribution in [0.25, 0.3) is 0 Å². The van der Waals surface area contributed by atoms with Gasteiger partial charge in [0.2, 0.25) is 0 Å². The lowest BCUT2D eigenvalue weighted by Gasteiger charge is -2.20. The molecule has 3 heteroatoms. The molecule has 0 amide bonds. The number of nitrogens with one attached hydrogen (secondary N) is 1. The van der Waals surface area contributed by atoms with Crippen LogP contribution in [0.4, 0.5) is 0 Å². The fraction of sp³-hybridized carbons (Fsp3) is 1.00. The number of nitrogens with two attached hydrogens (primary N) is 1. The first-order valence-corrected chi connectivity index (χ1v) is 5.83. The van der Waals surface area contributed by atoms with Crippen molar-refractivity contribution >= 4 is 0 Å². The van der Waals surface area contributed by atoms with Crippen LogP contribution in [0.5, 0.6) is 0 Å². The summed E-state index contributed by atoms with van der Waals surface area (Å²) in [6.45, 7) is 8.69. The molecule has 1 saturated heterocycles. The van der Waals surface area contributed by atoms with Gasteiger partial charge in [0.1, 0.15) is 0 Å². The van der Waals surface area contributed by atoms with Gasteiger partial charge in [-0.1, -0.05) is 13.8 Å². The summed E-state index contributed by atoms with van der Waals surface area (Å²) < 4.78 is 0. The third-order valence-corrected chi connectivity index (χ3v) is 2.83. The zero-order valence-electron chi connectivity index (χ0n) is 9.79. The molecule has 3 N–H and O–H groups in total. The Hall–Kier alpha value is -0.120. The smallest absolute Gasteiger partial charge is 0.0151 e. The van der Waals surface area contributed by atoms with Crippen molar-refractivity contribution in [2.45, 2.75) is 52.1 Å². The van der Waals surface area contributed by atoms with E-state index in [2.05, 4.69) is 26.1 Å². The van der Waals surface area contributed by atoms with E-state index in [1.54, 1.807) is 0 Å². The van der Waals surface area contributed by atoms with Crippen LogP contribution in [-0.4, -0.2) is 30.2 Å². The molecule has 1 heterocycles. The maximum absolute atomic E-state index is 5.89. The minimum atomic E-state index is 0.662. The van der Waals surface area contributed by atoms with E-state index in [1.165, 1.54) is 19.3 Å². The lowest BCUT2D eigenvalue weighted by molar-refractivity contribution is 0.238. The Morgan fingerprint density at radius 3 is 2.64 bits per heavy atom. The molecule has 0 spiro atoms. The van der Waals surface area contributed by atoms with Crippen LogP contribution in [0.1, 0.15) is 40.0 Å². The predicted octanol–water partition coefficient (Wildman–Crippen LogP) is 1.35. The van der Waals surface area contributed by atoms with Gasteiger partial charge in [0.25, 0.3) is 0 Å². The molecule has 0 radical (unpaired) electrons. The van der Waals surface area contributed by atoms with Crippen LogP contribution in [0.3, 0.4) is 0 Å². The average Bonchev–Trinajstić information content (AvgIpc) is 2.47. The molecule has 1 aliphatic rings. The van der Waals surface area contributed by atoms with Gasteiger partial charge < -0.3 is 5.32 Å². The number of hydrogen-bond acceptors (Lipinski definition) is 3. The first-order chi connectivity index (χ1) is 6.58. The maximum atomic E-state index is 5.89. The highest BCUT2D eigenvalue weighted by Crippen LogP contribution is 2.14. The summed E-state index contributed by atoms with van der Waals surface area (Å²) in [7, 11) is 0. The SMILES string of the molecule is CC(C)CN(N)CCC1CCC(C)N1. The van der Waals surface area contributed by atoms with Crippen molar-refractivity contribution in [2.24, 2.45) is 11.8 Å². The summed E-state index contributed by atoms with van der Waals surface area (Å²) in [5.41, 5.74) is 0. The molecule has 3 nitrogen and oxygen atoms in total. The van der Waals surface area contributed by atoms with Crippen molar-refractivity contribution in [2.75, 3.05) is 13.1 Å². The lowest BCUT2D eigenvalue weighted by atomic mass is 10.1. The monoisotopic (exact) mass is 199 g/mol. The van der Waals surface area contributed by atoms with E-state index < -0.39 is 0 Å². The third-order valence-electron chi connectivity index (χ3n) is 2.83. The molecule has 0 aromatic heterocycles. The van der Waals surface area contributed by atoms with E-state index in [9.17, 15) is 0 Å². The Kier molecular flexibility index (Phi) is 4.85. The fourth-order valence-electron chi connectivity index (χ4n) is 2.13. The topological polar surface area (TPSA) is 41.3 Å². The molecule has 0 aliphatic carbocycles. The fourth-order valence-corrected chi connectivity index (χ4v) is 2.13. The van der Waals surface area contributed by atoms with E-state index in [1.807, 2.05) is 5.01 Å². The molecule has 14 heavy (non-hydrogen) atoms. The van der Waals surface area contributed by atoms with Crippen LogP contribution in [0, 0.1) is 5.92 Å². The summed E-state index contributed by atoms with van der Waals surface area (Å²) in [6.07, 6.45) is 3.82. The van der Waals surface area contributed by atoms with Crippen LogP contribution < -0.4 is 11.2 Å². The number of hydrogen-bond donors (Lipinski definition) is 2. The lowest BCUT2D eigenvalue weighted by Crippen LogP contribution is -2.38. The van der Waals surface area contributed by atoms with E-state index in [4.69, 9.17) is 5.84 Å². The molecule has 0 saturated carbocycles. The largest absolute Gasteiger partial charge is 0.311 e. The first kappa shape index (κ1) is 12.0. The predicted molar refractivity (Wildman–Crippen MR) is 60.8 cm³/mol. The van der Waals surface area contributed by atoms with Gasteiger partial charge >= 0.3 is 0 Å². The summed E-state index contributed by atoms with van der Waals surface area (Å²) in [5.74, 6) is 6.56. The Morgan fingerprint density at radius 1 is 1.43 bits per heavy atom. The van der Waals surface area contributed by atoms with Gasteiger partial charge in [0.05, 0.1) is 0 Å². The highest BCUT2D eigenvalue weighted by molar-refractivity contribution is 4.80. The first-order valence-electron chi connectivity index (χ1n) is 5.83. The van der Waals surface area contributed by atoms with Crippen molar-refractivity contribution in [3.8, 4) is 0 Å². The van der Waals surface area contributed by atoms with Gasteiger partial charge in [-0.2, -0.15) is 0 Å². The Balaban J connectivity index is 2.08. The summed E-state index contributed by atoms with van der Waals surface area (Å²) in [4.78, 5) is 0. The zero-order valence-corrected chi connectivity index (χ0v) is 9.79. The van der Waals surface area contributed by atoms with Gasteiger partial charge in [0.15, 0.2) is 0 Å². The molecule has 0 aromatic carbocycles. The van der Waals surface area contributed by atoms with Crippen molar-refractivity contribution in [1.29, 1.82) is 0 Å². The average molecular weight is 199 g/mol. The molecule has 2 unspecified atom stereocenters. The molecule has 1 rings (SSSR count). The summed E-state index contributed by atoms with van der Waals surface area (Å²) in [6, 6.07) is 1.40. The van der Waals surface area contributed by atoms with Crippen LogP contribution >= 0.6 is 0 Å². The minimum absolute atomic E-state index is 0.662. The molecular formula is C11H25N3. The van der Waals surface area contributed by atoms with Crippen LogP contribution in [0.2, 0.25) is 0 Å². The second-order valence-electron chi connectivity index (χ2n) is 5.02. The van der Waals surface area contributed by atoms with Crippen molar-refractivity contribution in [3.05, 3.63) is 0 Å². The quantitative estimate of drug-likeness (QED) is 0.519. The van der Waals surface area contributed by atoms with E-state index in [-0.39, 0.29) is 0 Å². The van der Waals surface area contributed by atoms with Gasteiger partial charge in [-0.3, -0.25) is 5.84 Å². The maximum Gasteiger partial charge on any atom is 0.0151 e. The zero-order chi connectivity index (χ0) is 10.6. The Bertz CT molecular complexity index is 159. The number of nitrogens with zero attached hydrogens (tertiary/aromatic N) is 1. The van der Waals surface area contributed by atoms with Gasteiger partial charge in [-0.25, -0.2) is 5.01 Å². The highest BCUT2D eigenvalue weighted by atomic mass is 15.4. The van der Waals surface area contributed by atoms with Gasteiger partial charge in [-0.05, 0) is 32.1 Å². The van der Waals surface area contributed by atoms with Crippen LogP contribution in [-0.2, 0) is 0 Å². The van der Waals surface area contributed by atoms with Gasteiger partial charge in [-0.15, -0.1) is 0 Å². The third kappa shape index (κ3) is 4.40. The van der Waals surface area contributed by atoms with Crippen molar-refractivity contribution in [3.63, 3.8) is 0 Å². The second kappa shape index (κ2) is 5.69. The van der Waals surface area contributed by atoms with E-state index >= 15 is 0 Å². The Morgan fingerprint density at radius 2 is 2.14 bits per heavy atom. The second-order valence-corrected chi connectivity index (χ2v) is 5.02. The molecule has 1 fully saturated rings. The molecule has 84 valence electrons. The normalized spacial score (nSPS) is 27.9. The van der Waals surface area contributed by atoms with Crippen LogP contribution in [0.15, 0.2) is 0 Å². The van der Waals surface area contributed by atoms with Crippen molar-refractivity contribution in [1.82, 2.24) is 10.3 Å². The van der Waals surface area contributed by atoms with Crippen molar-refractivity contribution < 1.29 is 0 Å². The minimum Gasteiger partial charge on any atom is -0.311 e. The number of hydrazine groups is 1. The Labute approximate surface area is 88.0 Å². The molecule has 2 atom stereocenters. The summed E-state index contributed by atoms with van der Waals surface area (Å²) >= 11 is 0. The molecular weight excluding hydrogens is 174 g/mol. The number of rotatable bonds is 5. The molecule has 0 bridgehead atoms. The van der Waals surface area contributed by atoms with E-state index in [0.717, 1.165) is 13.1 Å². The molecule has 1 aliphatic heterocycles.